The second kappa shape index (κ2) is 6.28. The smallest absolute Gasteiger partial charge is 0.237 e. The van der Waals surface area contributed by atoms with Gasteiger partial charge in [0.1, 0.15) is 0 Å². The zero-order valence-corrected chi connectivity index (χ0v) is 15.5. The van der Waals surface area contributed by atoms with Crippen molar-refractivity contribution in [2.75, 3.05) is 13.1 Å². The van der Waals surface area contributed by atoms with E-state index in [9.17, 15) is 4.79 Å². The highest BCUT2D eigenvalue weighted by Gasteiger charge is 2.62. The number of primary amides is 1. The highest BCUT2D eigenvalue weighted by Crippen LogP contribution is 2.53. The largest absolute Gasteiger partial charge is 0.368 e. The van der Waals surface area contributed by atoms with E-state index in [1.165, 1.54) is 45.1 Å². The SMILES string of the molecule is CC(C)CN1C(CC2CCCCC2)C2CC3(C(N)=O)CC1C2CN3. The van der Waals surface area contributed by atoms with Crippen molar-refractivity contribution in [2.24, 2.45) is 29.4 Å². The first-order chi connectivity index (χ1) is 11.5. The van der Waals surface area contributed by atoms with Gasteiger partial charge in [0.15, 0.2) is 0 Å². The second-order valence-corrected chi connectivity index (χ2v) is 9.53. The molecule has 3 heterocycles. The molecule has 3 aliphatic heterocycles. The van der Waals surface area contributed by atoms with Crippen LogP contribution < -0.4 is 11.1 Å². The van der Waals surface area contributed by atoms with Crippen LogP contribution in [0.25, 0.3) is 0 Å². The molecule has 0 spiro atoms. The molecule has 3 saturated heterocycles. The molecular formula is C20H35N3O. The monoisotopic (exact) mass is 333 g/mol. The fourth-order valence-corrected chi connectivity index (χ4v) is 6.51. The quantitative estimate of drug-likeness (QED) is 0.813. The van der Waals surface area contributed by atoms with E-state index >= 15 is 0 Å². The Bertz CT molecular complexity index is 487. The number of hydrogen-bond acceptors (Lipinski definition) is 3. The molecule has 3 N–H and O–H groups in total. The Hall–Kier alpha value is -0.610. The summed E-state index contributed by atoms with van der Waals surface area (Å²) in [4.78, 5) is 15.0. The van der Waals surface area contributed by atoms with Crippen molar-refractivity contribution in [3.05, 3.63) is 0 Å². The van der Waals surface area contributed by atoms with Crippen molar-refractivity contribution in [1.82, 2.24) is 10.2 Å². The average Bonchev–Trinajstić information content (AvgIpc) is 2.77. The lowest BCUT2D eigenvalue weighted by Gasteiger charge is -2.50. The van der Waals surface area contributed by atoms with Gasteiger partial charge >= 0.3 is 0 Å². The van der Waals surface area contributed by atoms with E-state index in [0.29, 0.717) is 23.9 Å². The molecule has 5 unspecified atom stereocenters. The van der Waals surface area contributed by atoms with E-state index in [0.717, 1.165) is 31.2 Å². The third kappa shape index (κ3) is 2.70. The van der Waals surface area contributed by atoms with Crippen LogP contribution in [0.15, 0.2) is 0 Å². The molecule has 1 amide bonds. The van der Waals surface area contributed by atoms with Crippen LogP contribution in [0.4, 0.5) is 0 Å². The summed E-state index contributed by atoms with van der Waals surface area (Å²) in [6, 6.07) is 1.27. The van der Waals surface area contributed by atoms with E-state index in [1.54, 1.807) is 0 Å². The van der Waals surface area contributed by atoms with Crippen LogP contribution in [0.2, 0.25) is 0 Å². The summed E-state index contributed by atoms with van der Waals surface area (Å²) in [6.45, 7) is 6.85. The van der Waals surface area contributed by atoms with Crippen molar-refractivity contribution in [3.8, 4) is 0 Å². The normalized spacial score (nSPS) is 42.8. The van der Waals surface area contributed by atoms with Gasteiger partial charge in [-0.2, -0.15) is 0 Å². The van der Waals surface area contributed by atoms with Crippen molar-refractivity contribution in [2.45, 2.75) is 82.8 Å². The lowest BCUT2D eigenvalue weighted by molar-refractivity contribution is -0.129. The zero-order valence-electron chi connectivity index (χ0n) is 15.5. The first-order valence-corrected chi connectivity index (χ1v) is 10.3. The maximum absolute atomic E-state index is 12.2. The van der Waals surface area contributed by atoms with Gasteiger partial charge in [0.05, 0.1) is 5.54 Å². The third-order valence-corrected chi connectivity index (χ3v) is 7.56. The molecule has 136 valence electrons. The fourth-order valence-electron chi connectivity index (χ4n) is 6.51. The Labute approximate surface area is 146 Å². The van der Waals surface area contributed by atoms with E-state index in [2.05, 4.69) is 24.1 Å². The molecule has 5 atom stereocenters. The Morgan fingerprint density at radius 1 is 1.21 bits per heavy atom. The molecule has 0 radical (unpaired) electrons. The molecule has 0 aromatic carbocycles. The number of carbonyl (C=O) groups excluding carboxylic acids is 1. The summed E-state index contributed by atoms with van der Waals surface area (Å²) in [6.07, 6.45) is 10.4. The molecule has 2 saturated carbocycles. The first-order valence-electron chi connectivity index (χ1n) is 10.3. The number of amides is 1. The number of rotatable bonds is 5. The summed E-state index contributed by atoms with van der Waals surface area (Å²) < 4.78 is 0. The molecule has 4 heteroatoms. The highest BCUT2D eigenvalue weighted by molar-refractivity contribution is 5.85. The van der Waals surface area contributed by atoms with Crippen molar-refractivity contribution in [3.63, 3.8) is 0 Å². The van der Waals surface area contributed by atoms with Gasteiger partial charge in [0.2, 0.25) is 5.91 Å². The Morgan fingerprint density at radius 2 is 1.96 bits per heavy atom. The first kappa shape index (κ1) is 16.8. The van der Waals surface area contributed by atoms with Crippen molar-refractivity contribution in [1.29, 1.82) is 0 Å². The third-order valence-electron chi connectivity index (χ3n) is 7.56. The number of nitrogens with zero attached hydrogens (tertiary/aromatic N) is 1. The minimum atomic E-state index is -0.416. The number of carbonyl (C=O) groups is 1. The fraction of sp³-hybridized carbons (Fsp3) is 0.950. The zero-order chi connectivity index (χ0) is 16.9. The van der Waals surface area contributed by atoms with Crippen molar-refractivity contribution >= 4 is 5.91 Å². The van der Waals surface area contributed by atoms with Gasteiger partial charge in [-0.1, -0.05) is 46.0 Å². The number of piperidine rings is 2. The van der Waals surface area contributed by atoms with E-state index < -0.39 is 5.54 Å². The topological polar surface area (TPSA) is 58.4 Å². The standard InChI is InChI=1S/C20H35N3O/c1-13(2)12-23-17(8-14-6-4-3-5-7-14)15-9-20(19(21)24)10-18(23)16(15)11-22-20/h13-18,22H,3-12H2,1-2H3,(H2,21,24). The van der Waals surface area contributed by atoms with Crippen LogP contribution in [-0.2, 0) is 4.79 Å². The average molecular weight is 334 g/mol. The lowest BCUT2D eigenvalue weighted by atomic mass is 9.63. The van der Waals surface area contributed by atoms with E-state index in [1.807, 2.05) is 0 Å². The number of nitrogens with one attached hydrogen (secondary N) is 1. The van der Waals surface area contributed by atoms with Gasteiger partial charge in [-0.25, -0.2) is 0 Å². The molecular weight excluding hydrogens is 298 g/mol. The summed E-state index contributed by atoms with van der Waals surface area (Å²) >= 11 is 0. The predicted molar refractivity (Wildman–Crippen MR) is 96.5 cm³/mol. The Kier molecular flexibility index (Phi) is 4.41. The number of fused-ring (bicyclic) bond motifs is 1. The van der Waals surface area contributed by atoms with Gasteiger partial charge in [-0.05, 0) is 42.9 Å². The molecule has 2 aliphatic carbocycles. The maximum atomic E-state index is 12.2. The predicted octanol–water partition coefficient (Wildman–Crippen LogP) is 2.52. The molecule has 4 nitrogen and oxygen atoms in total. The van der Waals surface area contributed by atoms with E-state index in [-0.39, 0.29) is 5.91 Å². The maximum Gasteiger partial charge on any atom is 0.237 e. The number of hydrogen-bond donors (Lipinski definition) is 2. The summed E-state index contributed by atoms with van der Waals surface area (Å²) in [5.41, 5.74) is 5.43. The molecule has 5 aliphatic rings. The van der Waals surface area contributed by atoms with Crippen LogP contribution >= 0.6 is 0 Å². The summed E-state index contributed by atoms with van der Waals surface area (Å²) in [5.74, 6) is 2.90. The van der Waals surface area contributed by atoms with Crippen LogP contribution in [0.5, 0.6) is 0 Å². The Morgan fingerprint density at radius 3 is 2.62 bits per heavy atom. The molecule has 0 aromatic rings. The molecule has 5 fully saturated rings. The van der Waals surface area contributed by atoms with Gasteiger partial charge in [-0.3, -0.25) is 9.69 Å². The highest BCUT2D eigenvalue weighted by atomic mass is 16.1. The van der Waals surface area contributed by atoms with Gasteiger partial charge in [0, 0.05) is 25.2 Å². The van der Waals surface area contributed by atoms with Gasteiger partial charge in [-0.15, -0.1) is 0 Å². The molecule has 24 heavy (non-hydrogen) atoms. The second-order valence-electron chi connectivity index (χ2n) is 9.53. The Balaban J connectivity index is 1.58. The summed E-state index contributed by atoms with van der Waals surface area (Å²) in [7, 11) is 0. The summed E-state index contributed by atoms with van der Waals surface area (Å²) in [5, 5.41) is 3.53. The van der Waals surface area contributed by atoms with Crippen LogP contribution in [0.1, 0.15) is 65.2 Å². The van der Waals surface area contributed by atoms with Crippen LogP contribution in [0.3, 0.4) is 0 Å². The van der Waals surface area contributed by atoms with Crippen LogP contribution in [0, 0.1) is 23.7 Å². The van der Waals surface area contributed by atoms with Crippen LogP contribution in [-0.4, -0.2) is 41.5 Å². The molecule has 4 bridgehead atoms. The minimum absolute atomic E-state index is 0.113. The number of nitrogens with two attached hydrogens (primary N) is 1. The van der Waals surface area contributed by atoms with E-state index in [4.69, 9.17) is 5.73 Å². The van der Waals surface area contributed by atoms with Gasteiger partial charge in [0.25, 0.3) is 0 Å². The van der Waals surface area contributed by atoms with Crippen molar-refractivity contribution < 1.29 is 4.79 Å². The number of likely N-dealkylation sites (tertiary alicyclic amines) is 1. The van der Waals surface area contributed by atoms with Gasteiger partial charge < -0.3 is 11.1 Å². The minimum Gasteiger partial charge on any atom is -0.368 e. The molecule has 5 rings (SSSR count). The molecule has 0 aromatic heterocycles. The lowest BCUT2D eigenvalue weighted by Crippen LogP contribution is -2.68.